The van der Waals surface area contributed by atoms with Crippen LogP contribution in [0.1, 0.15) is 34.9 Å². The van der Waals surface area contributed by atoms with Gasteiger partial charge >= 0.3 is 0 Å². The fourth-order valence-corrected chi connectivity index (χ4v) is 2.92. The molecule has 3 aromatic heterocycles. The molecule has 23 heavy (non-hydrogen) atoms. The molecule has 0 unspecified atom stereocenters. The summed E-state index contributed by atoms with van der Waals surface area (Å²) >= 11 is 0. The third-order valence-corrected chi connectivity index (χ3v) is 3.97. The van der Waals surface area contributed by atoms with E-state index in [4.69, 9.17) is 0 Å². The Kier molecular flexibility index (Phi) is 3.30. The van der Waals surface area contributed by atoms with Crippen LogP contribution in [0.4, 0.5) is 0 Å². The van der Waals surface area contributed by atoms with Gasteiger partial charge in [0.25, 0.3) is 5.91 Å². The number of pyridine rings is 1. The van der Waals surface area contributed by atoms with E-state index < -0.39 is 0 Å². The molecule has 4 heterocycles. The van der Waals surface area contributed by atoms with Crippen molar-refractivity contribution in [3.05, 3.63) is 48.2 Å². The molecule has 1 aliphatic rings. The third-order valence-electron chi connectivity index (χ3n) is 3.97. The highest BCUT2D eigenvalue weighted by Crippen LogP contribution is 2.32. The summed E-state index contributed by atoms with van der Waals surface area (Å²) in [6, 6.07) is 5.75. The van der Waals surface area contributed by atoms with E-state index in [1.54, 1.807) is 6.20 Å². The molecule has 0 saturated carbocycles. The molecule has 0 aliphatic carbocycles. The Morgan fingerprint density at radius 2 is 2.30 bits per heavy atom. The predicted octanol–water partition coefficient (Wildman–Crippen LogP) is 0.758. The van der Waals surface area contributed by atoms with E-state index in [0.29, 0.717) is 17.9 Å². The molecule has 0 aromatic carbocycles. The van der Waals surface area contributed by atoms with Crippen LogP contribution in [0.3, 0.4) is 0 Å². The second kappa shape index (κ2) is 5.59. The van der Waals surface area contributed by atoms with Gasteiger partial charge < -0.3 is 4.90 Å². The molecule has 1 saturated heterocycles. The predicted molar refractivity (Wildman–Crippen MR) is 78.5 cm³/mol. The number of hydrogen-bond acceptors (Lipinski definition) is 6. The molecule has 0 radical (unpaired) electrons. The van der Waals surface area contributed by atoms with E-state index in [1.807, 2.05) is 23.1 Å². The van der Waals surface area contributed by atoms with Gasteiger partial charge in [-0.25, -0.2) is 0 Å². The number of likely N-dealkylation sites (tertiary alicyclic amines) is 1. The molecule has 0 spiro atoms. The standard InChI is InChI=1S/C14H14N8O/c23-14(10-8-16-18-13(10)22-9-17-19-20-22)21-7-3-5-12(21)11-4-1-2-6-15-11/h1-2,4,6,8-9,12H,3,5,7H2,(H,16,18)/t12-/m1/s1. The zero-order valence-electron chi connectivity index (χ0n) is 12.2. The third kappa shape index (κ3) is 2.35. The number of tetrazole rings is 1. The van der Waals surface area contributed by atoms with Gasteiger partial charge in [-0.15, -0.1) is 5.10 Å². The van der Waals surface area contributed by atoms with Crippen LogP contribution in [0.2, 0.25) is 0 Å². The fourth-order valence-electron chi connectivity index (χ4n) is 2.92. The van der Waals surface area contributed by atoms with Crippen LogP contribution in [0, 0.1) is 0 Å². The molecule has 1 amide bonds. The van der Waals surface area contributed by atoms with Gasteiger partial charge in [-0.2, -0.15) is 9.78 Å². The van der Waals surface area contributed by atoms with Gasteiger partial charge in [0.1, 0.15) is 11.9 Å². The lowest BCUT2D eigenvalue weighted by Crippen LogP contribution is -2.31. The maximum atomic E-state index is 13.0. The minimum atomic E-state index is -0.0996. The number of carbonyl (C=O) groups excluding carboxylic acids is 1. The average Bonchev–Trinajstić information content (AvgIpc) is 3.34. The lowest BCUT2D eigenvalue weighted by atomic mass is 10.1. The average molecular weight is 310 g/mol. The van der Waals surface area contributed by atoms with Crippen LogP contribution in [-0.4, -0.2) is 52.7 Å². The van der Waals surface area contributed by atoms with Crippen LogP contribution < -0.4 is 0 Å². The summed E-state index contributed by atoms with van der Waals surface area (Å²) in [4.78, 5) is 19.2. The number of carbonyl (C=O) groups is 1. The molecular weight excluding hydrogens is 296 g/mol. The van der Waals surface area contributed by atoms with Gasteiger partial charge in [-0.05, 0) is 35.4 Å². The Labute approximate surface area is 131 Å². The smallest absolute Gasteiger partial charge is 0.259 e. The summed E-state index contributed by atoms with van der Waals surface area (Å²) in [5.74, 6) is 0.365. The van der Waals surface area contributed by atoms with E-state index in [2.05, 4.69) is 30.7 Å². The van der Waals surface area contributed by atoms with Gasteiger partial charge in [0.15, 0.2) is 5.82 Å². The first-order chi connectivity index (χ1) is 11.3. The molecule has 9 nitrogen and oxygen atoms in total. The molecule has 9 heteroatoms. The van der Waals surface area contributed by atoms with Crippen molar-refractivity contribution in [2.24, 2.45) is 0 Å². The summed E-state index contributed by atoms with van der Waals surface area (Å²) in [6.45, 7) is 0.695. The van der Waals surface area contributed by atoms with Crippen LogP contribution in [0.15, 0.2) is 36.9 Å². The van der Waals surface area contributed by atoms with E-state index >= 15 is 0 Å². The summed E-state index contributed by atoms with van der Waals surface area (Å²) in [6.07, 6.45) is 6.53. The largest absolute Gasteiger partial charge is 0.330 e. The number of amides is 1. The van der Waals surface area contributed by atoms with E-state index in [9.17, 15) is 4.79 Å². The quantitative estimate of drug-likeness (QED) is 0.765. The van der Waals surface area contributed by atoms with Gasteiger partial charge in [-0.3, -0.25) is 14.9 Å². The molecule has 0 bridgehead atoms. The Morgan fingerprint density at radius 1 is 1.35 bits per heavy atom. The number of nitrogens with zero attached hydrogens (tertiary/aromatic N) is 7. The number of H-pyrrole nitrogens is 1. The van der Waals surface area contributed by atoms with Crippen LogP contribution in [-0.2, 0) is 0 Å². The molecule has 1 N–H and O–H groups in total. The summed E-state index contributed by atoms with van der Waals surface area (Å²) in [5.41, 5.74) is 1.35. The highest BCUT2D eigenvalue weighted by molar-refractivity contribution is 5.97. The highest BCUT2D eigenvalue weighted by atomic mass is 16.2. The molecule has 3 aromatic rings. The molecule has 1 atom stereocenters. The van der Waals surface area contributed by atoms with Crippen molar-refractivity contribution < 1.29 is 4.79 Å². The number of aromatic nitrogens is 7. The van der Waals surface area contributed by atoms with Gasteiger partial charge in [-0.1, -0.05) is 6.07 Å². The molecular formula is C14H14N8O. The summed E-state index contributed by atoms with van der Waals surface area (Å²) < 4.78 is 1.39. The molecule has 1 fully saturated rings. The van der Waals surface area contributed by atoms with Crippen molar-refractivity contribution in [1.29, 1.82) is 0 Å². The Hall–Kier alpha value is -3.10. The first-order valence-electron chi connectivity index (χ1n) is 7.33. The Morgan fingerprint density at radius 3 is 3.09 bits per heavy atom. The lowest BCUT2D eigenvalue weighted by molar-refractivity contribution is 0.0733. The van der Waals surface area contributed by atoms with E-state index in [-0.39, 0.29) is 11.9 Å². The number of nitrogens with one attached hydrogen (secondary N) is 1. The zero-order chi connectivity index (χ0) is 15.6. The first-order valence-corrected chi connectivity index (χ1v) is 7.33. The Balaban J connectivity index is 1.66. The number of hydrogen-bond donors (Lipinski definition) is 1. The minimum Gasteiger partial charge on any atom is -0.330 e. The van der Waals surface area contributed by atoms with Crippen molar-refractivity contribution in [3.63, 3.8) is 0 Å². The minimum absolute atomic E-state index is 0.0136. The monoisotopic (exact) mass is 310 g/mol. The van der Waals surface area contributed by atoms with Crippen LogP contribution in [0.25, 0.3) is 5.82 Å². The van der Waals surface area contributed by atoms with Crippen molar-refractivity contribution in [2.45, 2.75) is 18.9 Å². The van der Waals surface area contributed by atoms with Crippen molar-refractivity contribution in [1.82, 2.24) is 40.3 Å². The highest BCUT2D eigenvalue weighted by Gasteiger charge is 2.33. The summed E-state index contributed by atoms with van der Waals surface area (Å²) in [5, 5.41) is 17.7. The first kappa shape index (κ1) is 13.6. The maximum Gasteiger partial charge on any atom is 0.259 e. The normalized spacial score (nSPS) is 17.6. The van der Waals surface area contributed by atoms with E-state index in [1.165, 1.54) is 17.2 Å². The van der Waals surface area contributed by atoms with Crippen LogP contribution in [0.5, 0.6) is 0 Å². The SMILES string of the molecule is O=C(c1cn[nH]c1-n1cnnn1)N1CCC[C@@H]1c1ccccn1. The molecule has 116 valence electrons. The zero-order valence-corrected chi connectivity index (χ0v) is 12.2. The number of rotatable bonds is 3. The van der Waals surface area contributed by atoms with Crippen LogP contribution >= 0.6 is 0 Å². The van der Waals surface area contributed by atoms with Gasteiger partial charge in [0, 0.05) is 12.7 Å². The maximum absolute atomic E-state index is 13.0. The van der Waals surface area contributed by atoms with Gasteiger partial charge in [0.2, 0.25) is 0 Å². The Bertz CT molecular complexity index is 797. The molecule has 4 rings (SSSR count). The number of aromatic amines is 1. The summed E-state index contributed by atoms with van der Waals surface area (Å²) in [7, 11) is 0. The fraction of sp³-hybridized carbons (Fsp3) is 0.286. The second-order valence-corrected chi connectivity index (χ2v) is 5.30. The second-order valence-electron chi connectivity index (χ2n) is 5.30. The van der Waals surface area contributed by atoms with E-state index in [0.717, 1.165) is 18.5 Å². The van der Waals surface area contributed by atoms with Crippen molar-refractivity contribution in [3.8, 4) is 5.82 Å². The topological polar surface area (TPSA) is 105 Å². The van der Waals surface area contributed by atoms with Crippen molar-refractivity contribution in [2.75, 3.05) is 6.54 Å². The van der Waals surface area contributed by atoms with Gasteiger partial charge in [0.05, 0.1) is 17.9 Å². The molecule has 1 aliphatic heterocycles. The van der Waals surface area contributed by atoms with Crippen molar-refractivity contribution >= 4 is 5.91 Å². The lowest BCUT2D eigenvalue weighted by Gasteiger charge is -2.24.